The molecule has 0 aliphatic heterocycles. The normalized spacial score (nSPS) is 14.6. The van der Waals surface area contributed by atoms with Crippen molar-refractivity contribution in [3.63, 3.8) is 0 Å². The van der Waals surface area contributed by atoms with Crippen molar-refractivity contribution in [2.45, 2.75) is 37.2 Å². The molecule has 0 saturated heterocycles. The highest BCUT2D eigenvalue weighted by atomic mass is 32.2. The fraction of sp³-hybridized carbons (Fsp3) is 0.571. The van der Waals surface area contributed by atoms with E-state index in [2.05, 4.69) is 49.7 Å². The summed E-state index contributed by atoms with van der Waals surface area (Å²) in [4.78, 5) is 1.31. The van der Waals surface area contributed by atoms with Gasteiger partial charge in [-0.15, -0.1) is 11.8 Å². The van der Waals surface area contributed by atoms with Crippen LogP contribution in [-0.2, 0) is 4.74 Å². The van der Waals surface area contributed by atoms with Crippen LogP contribution in [0.25, 0.3) is 0 Å². The first-order valence-corrected chi connectivity index (χ1v) is 7.32. The summed E-state index contributed by atoms with van der Waals surface area (Å²) in [5.41, 5.74) is 1.33. The van der Waals surface area contributed by atoms with Crippen molar-refractivity contribution < 1.29 is 4.74 Å². The Morgan fingerprint density at radius 1 is 1.29 bits per heavy atom. The Balaban J connectivity index is 2.58. The average Bonchev–Trinajstić information content (AvgIpc) is 2.38. The van der Waals surface area contributed by atoms with Crippen LogP contribution in [0.15, 0.2) is 29.2 Å². The number of methoxy groups -OCH3 is 1. The van der Waals surface area contributed by atoms with Gasteiger partial charge >= 0.3 is 0 Å². The molecule has 1 aromatic rings. The summed E-state index contributed by atoms with van der Waals surface area (Å²) in [6, 6.07) is 9.54. The van der Waals surface area contributed by atoms with Crippen LogP contribution in [0, 0.1) is 0 Å². The smallest absolute Gasteiger partial charge is 0.0615 e. The van der Waals surface area contributed by atoms with Gasteiger partial charge < -0.3 is 10.1 Å². The maximum absolute atomic E-state index is 5.20. The summed E-state index contributed by atoms with van der Waals surface area (Å²) in [7, 11) is 1.75. The number of hydrogen-bond donors (Lipinski definition) is 1. The molecule has 96 valence electrons. The van der Waals surface area contributed by atoms with Crippen LogP contribution in [-0.4, -0.2) is 26.0 Å². The van der Waals surface area contributed by atoms with Crippen molar-refractivity contribution >= 4 is 11.8 Å². The molecule has 0 amide bonds. The zero-order chi connectivity index (χ0) is 12.7. The summed E-state index contributed by atoms with van der Waals surface area (Å²) in [5.74, 6) is 0. The van der Waals surface area contributed by atoms with Gasteiger partial charge in [-0.1, -0.05) is 19.1 Å². The van der Waals surface area contributed by atoms with Crippen molar-refractivity contribution in [3.8, 4) is 0 Å². The van der Waals surface area contributed by atoms with Crippen LogP contribution in [0.4, 0.5) is 0 Å². The molecule has 0 spiro atoms. The van der Waals surface area contributed by atoms with Crippen LogP contribution >= 0.6 is 11.8 Å². The van der Waals surface area contributed by atoms with Gasteiger partial charge in [-0.3, -0.25) is 0 Å². The highest BCUT2D eigenvalue weighted by Gasteiger charge is 2.11. The van der Waals surface area contributed by atoms with Crippen molar-refractivity contribution in [1.29, 1.82) is 0 Å². The second kappa shape index (κ2) is 7.75. The molecule has 0 fully saturated rings. The van der Waals surface area contributed by atoms with Gasteiger partial charge in [-0.25, -0.2) is 0 Å². The minimum absolute atomic E-state index is 0.367. The highest BCUT2D eigenvalue weighted by Crippen LogP contribution is 2.19. The summed E-state index contributed by atoms with van der Waals surface area (Å²) < 4.78 is 5.20. The third kappa shape index (κ3) is 4.70. The molecule has 17 heavy (non-hydrogen) atoms. The van der Waals surface area contributed by atoms with Crippen LogP contribution in [0.1, 0.15) is 31.9 Å². The molecule has 3 heteroatoms. The number of hydrogen-bond acceptors (Lipinski definition) is 3. The minimum Gasteiger partial charge on any atom is -0.383 e. The molecule has 2 atom stereocenters. The zero-order valence-electron chi connectivity index (χ0n) is 11.2. The van der Waals surface area contributed by atoms with Gasteiger partial charge in [0.15, 0.2) is 0 Å². The second-order valence-electron chi connectivity index (χ2n) is 4.22. The lowest BCUT2D eigenvalue weighted by atomic mass is 10.1. The van der Waals surface area contributed by atoms with E-state index in [4.69, 9.17) is 4.74 Å². The number of nitrogens with one attached hydrogen (secondary N) is 1. The minimum atomic E-state index is 0.367. The number of benzene rings is 1. The van der Waals surface area contributed by atoms with E-state index in [1.54, 1.807) is 18.9 Å². The lowest BCUT2D eigenvalue weighted by Crippen LogP contribution is -2.34. The predicted molar refractivity (Wildman–Crippen MR) is 75.7 cm³/mol. The fourth-order valence-electron chi connectivity index (χ4n) is 1.83. The molecule has 0 radical (unpaired) electrons. The topological polar surface area (TPSA) is 21.3 Å². The van der Waals surface area contributed by atoms with Crippen molar-refractivity contribution in [2.24, 2.45) is 0 Å². The molecular weight excluding hydrogens is 230 g/mol. The van der Waals surface area contributed by atoms with E-state index in [0.29, 0.717) is 12.1 Å². The first kappa shape index (κ1) is 14.6. The molecule has 0 heterocycles. The number of rotatable bonds is 7. The lowest BCUT2D eigenvalue weighted by molar-refractivity contribution is 0.159. The van der Waals surface area contributed by atoms with Crippen LogP contribution in [0.3, 0.4) is 0 Å². The number of ether oxygens (including phenoxy) is 1. The molecular formula is C14H23NOS. The molecule has 0 aliphatic carbocycles. The molecule has 0 aromatic heterocycles. The molecule has 1 N–H and O–H groups in total. The van der Waals surface area contributed by atoms with Crippen molar-refractivity contribution in [1.82, 2.24) is 5.32 Å². The van der Waals surface area contributed by atoms with Crippen molar-refractivity contribution in [2.75, 3.05) is 20.0 Å². The Kier molecular flexibility index (Phi) is 6.63. The second-order valence-corrected chi connectivity index (χ2v) is 5.10. The molecule has 1 aromatic carbocycles. The Morgan fingerprint density at radius 3 is 2.41 bits per heavy atom. The van der Waals surface area contributed by atoms with Gasteiger partial charge in [0.25, 0.3) is 0 Å². The van der Waals surface area contributed by atoms with Crippen molar-refractivity contribution in [3.05, 3.63) is 29.8 Å². The van der Waals surface area contributed by atoms with E-state index in [9.17, 15) is 0 Å². The fourth-order valence-corrected chi connectivity index (χ4v) is 2.24. The third-order valence-electron chi connectivity index (χ3n) is 2.96. The maximum Gasteiger partial charge on any atom is 0.0615 e. The quantitative estimate of drug-likeness (QED) is 0.752. The summed E-state index contributed by atoms with van der Waals surface area (Å²) in [6.45, 7) is 5.15. The standard InChI is InChI=1S/C14H23NOS/c1-5-13(10-16-3)15-11(2)12-6-8-14(17-4)9-7-12/h6-9,11,13,15H,5,10H2,1-4H3. The lowest BCUT2D eigenvalue weighted by Gasteiger charge is -2.22. The van der Waals surface area contributed by atoms with E-state index in [1.165, 1.54) is 10.5 Å². The van der Waals surface area contributed by atoms with Gasteiger partial charge in [0.2, 0.25) is 0 Å². The van der Waals surface area contributed by atoms with Gasteiger partial charge in [0.1, 0.15) is 0 Å². The van der Waals surface area contributed by atoms with E-state index in [1.807, 2.05) is 0 Å². The zero-order valence-corrected chi connectivity index (χ0v) is 12.0. The van der Waals surface area contributed by atoms with E-state index >= 15 is 0 Å². The van der Waals surface area contributed by atoms with Gasteiger partial charge in [-0.2, -0.15) is 0 Å². The molecule has 0 saturated carbocycles. The molecule has 1 rings (SSSR count). The SMILES string of the molecule is CCC(COC)NC(C)c1ccc(SC)cc1. The largest absolute Gasteiger partial charge is 0.383 e. The highest BCUT2D eigenvalue weighted by molar-refractivity contribution is 7.98. The molecule has 0 bridgehead atoms. The maximum atomic E-state index is 5.20. The van der Waals surface area contributed by atoms with E-state index < -0.39 is 0 Å². The Morgan fingerprint density at radius 2 is 1.94 bits per heavy atom. The van der Waals surface area contributed by atoms with Gasteiger partial charge in [0, 0.05) is 24.1 Å². The molecule has 0 aliphatic rings. The van der Waals surface area contributed by atoms with Gasteiger partial charge in [0.05, 0.1) is 6.61 Å². The Labute approximate surface area is 109 Å². The first-order chi connectivity index (χ1) is 8.21. The Hall–Kier alpha value is -0.510. The number of thioether (sulfide) groups is 1. The summed E-state index contributed by atoms with van der Waals surface area (Å²) in [6.07, 6.45) is 3.18. The monoisotopic (exact) mass is 253 g/mol. The first-order valence-electron chi connectivity index (χ1n) is 6.10. The predicted octanol–water partition coefficient (Wildman–Crippen LogP) is 3.48. The summed E-state index contributed by atoms with van der Waals surface area (Å²) >= 11 is 1.78. The average molecular weight is 253 g/mol. The van der Waals surface area contributed by atoms with E-state index in [0.717, 1.165) is 13.0 Å². The molecule has 2 unspecified atom stereocenters. The van der Waals surface area contributed by atoms with Gasteiger partial charge in [-0.05, 0) is 37.3 Å². The third-order valence-corrected chi connectivity index (χ3v) is 3.71. The van der Waals surface area contributed by atoms with Crippen LogP contribution in [0.5, 0.6) is 0 Å². The molecule has 2 nitrogen and oxygen atoms in total. The Bertz CT molecular complexity index is 313. The van der Waals surface area contributed by atoms with Crippen LogP contribution < -0.4 is 5.32 Å². The summed E-state index contributed by atoms with van der Waals surface area (Å²) in [5, 5.41) is 3.59. The van der Waals surface area contributed by atoms with E-state index in [-0.39, 0.29) is 0 Å². The van der Waals surface area contributed by atoms with Crippen LogP contribution in [0.2, 0.25) is 0 Å².